The first-order chi connectivity index (χ1) is 6.02. The van der Waals surface area contributed by atoms with Gasteiger partial charge in [0.25, 0.3) is 0 Å². The van der Waals surface area contributed by atoms with Gasteiger partial charge in [-0.15, -0.1) is 10.5 Å². The summed E-state index contributed by atoms with van der Waals surface area (Å²) in [7, 11) is 0. The quantitative estimate of drug-likeness (QED) is 0.431. The monoisotopic (exact) mass is 188 g/mol. The molecule has 0 aromatic heterocycles. The molecule has 7 heteroatoms. The third kappa shape index (κ3) is 1.98. The fourth-order valence-corrected chi connectivity index (χ4v) is 0.796. The van der Waals surface area contributed by atoms with Gasteiger partial charge in [0.15, 0.2) is 0 Å². The van der Waals surface area contributed by atoms with Crippen molar-refractivity contribution >= 4 is 11.4 Å². The van der Waals surface area contributed by atoms with Crippen molar-refractivity contribution in [2.24, 2.45) is 0 Å². The highest BCUT2D eigenvalue weighted by Gasteiger charge is 2.09. The molecule has 1 aromatic carbocycles. The van der Waals surface area contributed by atoms with Crippen LogP contribution in [0.3, 0.4) is 0 Å². The molecule has 0 amide bonds. The van der Waals surface area contributed by atoms with Crippen LogP contribution in [0.4, 0.5) is 11.4 Å². The molecule has 1 aromatic rings. The van der Waals surface area contributed by atoms with Crippen molar-refractivity contribution in [3.63, 3.8) is 0 Å². The van der Waals surface area contributed by atoms with Gasteiger partial charge in [-0.3, -0.25) is 20.8 Å². The number of hydrogen-bond acceptors (Lipinski definition) is 7. The maximum atomic E-state index is 9.04. The zero-order chi connectivity index (χ0) is 10.0. The van der Waals surface area contributed by atoms with Crippen LogP contribution in [0.1, 0.15) is 0 Å². The molecule has 0 heterocycles. The molecule has 0 bridgehead atoms. The van der Waals surface area contributed by atoms with E-state index >= 15 is 0 Å². The molecular formula is C6H8N2O5. The topological polar surface area (TPSA) is 108 Å². The van der Waals surface area contributed by atoms with Crippen molar-refractivity contribution in [1.82, 2.24) is 0 Å². The minimum Gasteiger partial charge on any atom is -0.506 e. The van der Waals surface area contributed by atoms with Gasteiger partial charge < -0.3 is 5.11 Å². The average molecular weight is 188 g/mol. The molecule has 0 atom stereocenters. The zero-order valence-corrected chi connectivity index (χ0v) is 6.36. The third-order valence-corrected chi connectivity index (χ3v) is 1.41. The Labute approximate surface area is 72.7 Å². The van der Waals surface area contributed by atoms with Gasteiger partial charge in [-0.05, 0) is 18.2 Å². The summed E-state index contributed by atoms with van der Waals surface area (Å²) in [6.07, 6.45) is 0. The summed E-state index contributed by atoms with van der Waals surface area (Å²) in [5.41, 5.74) is -0.494. The number of hydrogen-bond donors (Lipinski definition) is 5. The van der Waals surface area contributed by atoms with Crippen LogP contribution < -0.4 is 10.5 Å². The van der Waals surface area contributed by atoms with Gasteiger partial charge in [-0.25, -0.2) is 0 Å². The number of benzene rings is 1. The Morgan fingerprint density at radius 2 is 1.54 bits per heavy atom. The maximum absolute atomic E-state index is 9.04. The lowest BCUT2D eigenvalue weighted by Gasteiger charge is -2.13. The van der Waals surface area contributed by atoms with Gasteiger partial charge in [0.05, 0.1) is 5.69 Å². The number of aromatic hydroxyl groups is 1. The molecule has 0 aliphatic heterocycles. The summed E-state index contributed by atoms with van der Waals surface area (Å²) in [4.78, 5) is 0. The molecule has 5 N–H and O–H groups in total. The molecular weight excluding hydrogens is 180 g/mol. The van der Waals surface area contributed by atoms with E-state index in [1.54, 1.807) is 0 Å². The number of anilines is 2. The summed E-state index contributed by atoms with van der Waals surface area (Å²) < 4.78 is 0. The minimum absolute atomic E-state index is 0.124. The van der Waals surface area contributed by atoms with Crippen molar-refractivity contribution < 1.29 is 25.9 Å². The first-order valence-corrected chi connectivity index (χ1v) is 3.21. The van der Waals surface area contributed by atoms with Gasteiger partial charge in [-0.1, -0.05) is 0 Å². The third-order valence-electron chi connectivity index (χ3n) is 1.41. The van der Waals surface area contributed by atoms with Gasteiger partial charge >= 0.3 is 0 Å². The highest BCUT2D eigenvalue weighted by molar-refractivity contribution is 5.62. The SMILES string of the molecule is Oc1ccc(N(O)O)cc1N(O)O. The number of rotatable bonds is 2. The van der Waals surface area contributed by atoms with Crippen LogP contribution in [0.2, 0.25) is 0 Å². The van der Waals surface area contributed by atoms with Crippen LogP contribution in [-0.2, 0) is 0 Å². The van der Waals surface area contributed by atoms with Crippen molar-refractivity contribution in [2.75, 3.05) is 10.5 Å². The van der Waals surface area contributed by atoms with E-state index in [0.29, 0.717) is 0 Å². The maximum Gasteiger partial charge on any atom is 0.144 e. The lowest BCUT2D eigenvalue weighted by atomic mass is 10.2. The van der Waals surface area contributed by atoms with Crippen molar-refractivity contribution in [2.45, 2.75) is 0 Å². The van der Waals surface area contributed by atoms with Gasteiger partial charge in [0, 0.05) is 0 Å². The standard InChI is InChI=1S/C6H8N2O5/c9-6-2-1-4(7(10)11)3-5(6)8(12)13/h1-3,9-13H. The zero-order valence-electron chi connectivity index (χ0n) is 6.36. The summed E-state index contributed by atoms with van der Waals surface area (Å²) in [5.74, 6) is -0.407. The second-order valence-corrected chi connectivity index (χ2v) is 2.25. The van der Waals surface area contributed by atoms with Crippen LogP contribution in [0.25, 0.3) is 0 Å². The lowest BCUT2D eigenvalue weighted by Crippen LogP contribution is -2.14. The van der Waals surface area contributed by atoms with Crippen LogP contribution in [0, 0.1) is 0 Å². The summed E-state index contributed by atoms with van der Waals surface area (Å²) >= 11 is 0. The highest BCUT2D eigenvalue weighted by atomic mass is 16.8. The fraction of sp³-hybridized carbons (Fsp3) is 0. The van der Waals surface area contributed by atoms with Crippen molar-refractivity contribution in [1.29, 1.82) is 0 Å². The number of phenols is 1. The second-order valence-electron chi connectivity index (χ2n) is 2.25. The van der Waals surface area contributed by atoms with E-state index in [4.69, 9.17) is 25.9 Å². The Hall–Kier alpha value is -1.54. The Kier molecular flexibility index (Phi) is 2.54. The van der Waals surface area contributed by atoms with Crippen LogP contribution in [0.15, 0.2) is 18.2 Å². The molecule has 0 aliphatic carbocycles. The predicted molar refractivity (Wildman–Crippen MR) is 40.2 cm³/mol. The van der Waals surface area contributed by atoms with Crippen LogP contribution >= 0.6 is 0 Å². The molecule has 1 rings (SSSR count). The van der Waals surface area contributed by atoms with E-state index in [-0.39, 0.29) is 21.8 Å². The smallest absolute Gasteiger partial charge is 0.144 e. The van der Waals surface area contributed by atoms with E-state index in [1.807, 2.05) is 0 Å². The Morgan fingerprint density at radius 3 is 2.00 bits per heavy atom. The van der Waals surface area contributed by atoms with E-state index in [9.17, 15) is 0 Å². The molecule has 0 aliphatic rings. The van der Waals surface area contributed by atoms with Gasteiger partial charge in [0.2, 0.25) is 0 Å². The normalized spacial score (nSPS) is 9.85. The van der Waals surface area contributed by atoms with Gasteiger partial charge in [-0.2, -0.15) is 0 Å². The van der Waals surface area contributed by atoms with E-state index in [2.05, 4.69) is 0 Å². The van der Waals surface area contributed by atoms with E-state index in [1.165, 1.54) is 6.07 Å². The molecule has 72 valence electrons. The molecule has 0 spiro atoms. The largest absolute Gasteiger partial charge is 0.506 e. The van der Waals surface area contributed by atoms with E-state index < -0.39 is 5.75 Å². The average Bonchev–Trinajstić information content (AvgIpc) is 2.04. The number of phenolic OH excluding ortho intramolecular Hbond substituents is 1. The Bertz CT molecular complexity index is 301. The molecule has 13 heavy (non-hydrogen) atoms. The molecule has 0 saturated heterocycles. The summed E-state index contributed by atoms with van der Waals surface area (Å²) in [5, 5.41) is 42.7. The molecule has 0 saturated carbocycles. The van der Waals surface area contributed by atoms with Crippen LogP contribution in [-0.4, -0.2) is 25.9 Å². The highest BCUT2D eigenvalue weighted by Crippen LogP contribution is 2.29. The minimum atomic E-state index is -0.407. The Morgan fingerprint density at radius 1 is 0.923 bits per heavy atom. The molecule has 0 unspecified atom stereocenters. The molecule has 7 nitrogen and oxygen atoms in total. The first-order valence-electron chi connectivity index (χ1n) is 3.21. The van der Waals surface area contributed by atoms with Crippen molar-refractivity contribution in [3.05, 3.63) is 18.2 Å². The fourth-order valence-electron chi connectivity index (χ4n) is 0.796. The van der Waals surface area contributed by atoms with Crippen LogP contribution in [0.5, 0.6) is 5.75 Å². The predicted octanol–water partition coefficient (Wildman–Crippen LogP) is 0.562. The first kappa shape index (κ1) is 9.55. The summed E-state index contributed by atoms with van der Waals surface area (Å²) in [6, 6.07) is 3.20. The summed E-state index contributed by atoms with van der Waals surface area (Å²) in [6.45, 7) is 0. The Balaban J connectivity index is 3.11. The van der Waals surface area contributed by atoms with Gasteiger partial charge in [0.1, 0.15) is 11.4 Å². The van der Waals surface area contributed by atoms with Crippen molar-refractivity contribution in [3.8, 4) is 5.75 Å². The van der Waals surface area contributed by atoms with E-state index in [0.717, 1.165) is 12.1 Å². The molecule has 0 fully saturated rings. The molecule has 0 radical (unpaired) electrons. The number of nitrogens with zero attached hydrogens (tertiary/aromatic N) is 2. The lowest BCUT2D eigenvalue weighted by molar-refractivity contribution is 0.0253. The second kappa shape index (κ2) is 3.46.